The Kier molecular flexibility index (Phi) is 6.86. The highest BCUT2D eigenvalue weighted by atomic mass is 32.1. The number of carbonyl (C=O) groups excluding carboxylic acids is 1. The van der Waals surface area contributed by atoms with Gasteiger partial charge in [-0.1, -0.05) is 0 Å². The summed E-state index contributed by atoms with van der Waals surface area (Å²) in [6, 6.07) is 10.2. The second-order valence-corrected chi connectivity index (χ2v) is 12.8. The molecule has 2 aliphatic carbocycles. The highest BCUT2D eigenvalue weighted by molar-refractivity contribution is 7.14. The van der Waals surface area contributed by atoms with Crippen LogP contribution in [0.1, 0.15) is 75.7 Å². The van der Waals surface area contributed by atoms with Gasteiger partial charge in [-0.2, -0.15) is 5.10 Å². The number of carbonyl (C=O) groups is 1. The van der Waals surface area contributed by atoms with Crippen LogP contribution >= 0.6 is 11.3 Å². The third-order valence-electron chi connectivity index (χ3n) is 8.90. The van der Waals surface area contributed by atoms with E-state index in [2.05, 4.69) is 37.8 Å². The molecule has 2 atom stereocenters. The number of aryl methyl sites for hydroxylation is 1. The lowest BCUT2D eigenvalue weighted by Crippen LogP contribution is -2.29. The van der Waals surface area contributed by atoms with Gasteiger partial charge in [-0.25, -0.2) is 9.37 Å². The van der Waals surface area contributed by atoms with Crippen LogP contribution in [0.2, 0.25) is 0 Å². The zero-order valence-corrected chi connectivity index (χ0v) is 24.4. The van der Waals surface area contributed by atoms with Gasteiger partial charge in [0.2, 0.25) is 0 Å². The van der Waals surface area contributed by atoms with Crippen molar-refractivity contribution in [3.8, 4) is 11.3 Å². The van der Waals surface area contributed by atoms with Gasteiger partial charge in [0.05, 0.1) is 16.3 Å². The Balaban J connectivity index is 1.10. The minimum Gasteiger partial charge on any atom is -0.334 e. The third-order valence-corrected chi connectivity index (χ3v) is 10.2. The molecule has 7 rings (SSSR count). The average Bonchev–Trinajstić information content (AvgIpc) is 3.72. The number of likely N-dealkylation sites (tertiary alicyclic amines) is 1. The minimum atomic E-state index is -0.626. The predicted octanol–water partition coefficient (Wildman–Crippen LogP) is 5.61. The molecule has 0 aromatic carbocycles. The highest BCUT2D eigenvalue weighted by Gasteiger charge is 2.39. The lowest BCUT2D eigenvalue weighted by Gasteiger charge is -2.28. The number of aromatic nitrogens is 4. The van der Waals surface area contributed by atoms with Crippen LogP contribution in [-0.2, 0) is 7.05 Å². The molecule has 2 fully saturated rings. The molecule has 3 aliphatic rings. The molecule has 1 aliphatic heterocycles. The molecule has 5 heterocycles. The van der Waals surface area contributed by atoms with Gasteiger partial charge in [0.25, 0.3) is 11.5 Å². The molecule has 216 valence electrons. The maximum Gasteiger partial charge on any atom is 0.274 e. The standard InChI is InChI=1S/C31H32FN7O2S/c1-38-11-9-17(10-12-38)24-7-8-27(37-36-24)33-25-14-20(16-39(2)31(25)41)23-6-5-22(32)29(34-23)35-30(40)26-15-21-18-3-4-19(13-18)28(21)42-26/h5-8,14-19H,3-4,9-13H2,1-2H3,(H,33,37)(H,34,35,40). The molecule has 2 N–H and O–H groups in total. The molecule has 2 unspecified atom stereocenters. The molecule has 9 nitrogen and oxygen atoms in total. The zero-order chi connectivity index (χ0) is 29.0. The van der Waals surface area contributed by atoms with E-state index in [0.717, 1.165) is 31.6 Å². The first-order valence-electron chi connectivity index (χ1n) is 14.4. The maximum absolute atomic E-state index is 14.8. The van der Waals surface area contributed by atoms with Crippen molar-refractivity contribution in [2.24, 2.45) is 7.05 Å². The van der Waals surface area contributed by atoms with Crippen LogP contribution < -0.4 is 16.2 Å². The summed E-state index contributed by atoms with van der Waals surface area (Å²) in [4.78, 5) is 34.6. The summed E-state index contributed by atoms with van der Waals surface area (Å²) in [6.45, 7) is 2.07. The number of pyridine rings is 2. The molecule has 4 aromatic heterocycles. The molecular formula is C31H32FN7O2S. The second-order valence-electron chi connectivity index (χ2n) is 11.7. The van der Waals surface area contributed by atoms with Gasteiger partial charge < -0.3 is 20.1 Å². The molecule has 1 saturated heterocycles. The van der Waals surface area contributed by atoms with E-state index in [0.29, 0.717) is 39.7 Å². The minimum absolute atomic E-state index is 0.146. The summed E-state index contributed by atoms with van der Waals surface area (Å²) < 4.78 is 16.2. The summed E-state index contributed by atoms with van der Waals surface area (Å²) in [7, 11) is 3.77. The van der Waals surface area contributed by atoms with Crippen molar-refractivity contribution in [1.82, 2.24) is 24.6 Å². The van der Waals surface area contributed by atoms with Crippen LogP contribution in [0.4, 0.5) is 21.7 Å². The average molecular weight is 586 g/mol. The largest absolute Gasteiger partial charge is 0.334 e. The lowest BCUT2D eigenvalue weighted by molar-refractivity contribution is 0.102. The number of piperidine rings is 1. The third kappa shape index (κ3) is 5.00. The van der Waals surface area contributed by atoms with Crippen LogP contribution in [0.25, 0.3) is 11.3 Å². The fourth-order valence-electron chi connectivity index (χ4n) is 6.54. The van der Waals surface area contributed by atoms with E-state index in [1.165, 1.54) is 57.7 Å². The van der Waals surface area contributed by atoms with Crippen molar-refractivity contribution in [2.75, 3.05) is 30.8 Å². The molecule has 1 amide bonds. The van der Waals surface area contributed by atoms with E-state index < -0.39 is 5.82 Å². The highest BCUT2D eigenvalue weighted by Crippen LogP contribution is 2.55. The number of hydrogen-bond acceptors (Lipinski definition) is 8. The number of amides is 1. The first-order chi connectivity index (χ1) is 20.3. The summed E-state index contributed by atoms with van der Waals surface area (Å²) in [5.74, 6) is 0.822. The van der Waals surface area contributed by atoms with Gasteiger partial charge >= 0.3 is 0 Å². The molecule has 4 aromatic rings. The van der Waals surface area contributed by atoms with Gasteiger partial charge in [-0.15, -0.1) is 16.4 Å². The number of rotatable bonds is 6. The SMILES string of the molecule is CN1CCC(c2ccc(Nc3cc(-c4ccc(F)c(NC(=O)c5cc6c(s5)C5CCC6C5)n4)cn(C)c3=O)nn2)CC1. The van der Waals surface area contributed by atoms with Crippen molar-refractivity contribution in [3.05, 3.63) is 79.8 Å². The van der Waals surface area contributed by atoms with Crippen molar-refractivity contribution >= 4 is 34.6 Å². The Morgan fingerprint density at radius 1 is 1.00 bits per heavy atom. The predicted molar refractivity (Wildman–Crippen MR) is 161 cm³/mol. The molecule has 0 spiro atoms. The molecular weight excluding hydrogens is 553 g/mol. The zero-order valence-electron chi connectivity index (χ0n) is 23.6. The smallest absolute Gasteiger partial charge is 0.274 e. The number of nitrogens with one attached hydrogen (secondary N) is 2. The molecule has 2 bridgehead atoms. The van der Waals surface area contributed by atoms with Crippen molar-refractivity contribution in [2.45, 2.75) is 49.9 Å². The first kappa shape index (κ1) is 26.9. The van der Waals surface area contributed by atoms with E-state index >= 15 is 0 Å². The second kappa shape index (κ2) is 10.7. The van der Waals surface area contributed by atoms with Crippen LogP contribution in [-0.4, -0.2) is 50.7 Å². The molecule has 11 heteroatoms. The van der Waals surface area contributed by atoms with Crippen LogP contribution in [0.15, 0.2) is 47.4 Å². The van der Waals surface area contributed by atoms with Crippen LogP contribution in [0.5, 0.6) is 0 Å². The van der Waals surface area contributed by atoms with E-state index in [9.17, 15) is 14.0 Å². The van der Waals surface area contributed by atoms with E-state index in [1.54, 1.807) is 19.3 Å². The van der Waals surface area contributed by atoms with E-state index in [-0.39, 0.29) is 23.0 Å². The van der Waals surface area contributed by atoms with Gasteiger partial charge in [0.1, 0.15) is 5.69 Å². The maximum atomic E-state index is 14.8. The van der Waals surface area contributed by atoms with Gasteiger partial charge in [0, 0.05) is 29.6 Å². The summed E-state index contributed by atoms with van der Waals surface area (Å²) in [5.41, 5.74) is 3.28. The van der Waals surface area contributed by atoms with E-state index in [4.69, 9.17) is 0 Å². The molecule has 42 heavy (non-hydrogen) atoms. The van der Waals surface area contributed by atoms with Crippen molar-refractivity contribution < 1.29 is 9.18 Å². The number of hydrogen-bond donors (Lipinski definition) is 2. The first-order valence-corrected chi connectivity index (χ1v) is 15.3. The van der Waals surface area contributed by atoms with E-state index in [1.807, 2.05) is 18.2 Å². The monoisotopic (exact) mass is 585 g/mol. The van der Waals surface area contributed by atoms with Gasteiger partial charge in [-0.05, 0) is 106 Å². The summed E-state index contributed by atoms with van der Waals surface area (Å²) in [6.07, 6.45) is 7.28. The Hall–Kier alpha value is -3.96. The summed E-state index contributed by atoms with van der Waals surface area (Å²) in [5, 5.41) is 14.5. The fourth-order valence-corrected chi connectivity index (χ4v) is 7.83. The Morgan fingerprint density at radius 2 is 1.81 bits per heavy atom. The quantitative estimate of drug-likeness (QED) is 0.303. The van der Waals surface area contributed by atoms with Crippen LogP contribution in [0.3, 0.4) is 0 Å². The number of thiophene rings is 1. The Labute approximate surface area is 246 Å². The Bertz CT molecular complexity index is 1700. The topological polar surface area (TPSA) is 105 Å². The number of halogens is 1. The number of fused-ring (bicyclic) bond motifs is 5. The summed E-state index contributed by atoms with van der Waals surface area (Å²) >= 11 is 1.51. The number of nitrogens with zero attached hydrogens (tertiary/aromatic N) is 5. The van der Waals surface area contributed by atoms with Gasteiger partial charge in [0.15, 0.2) is 17.5 Å². The van der Waals surface area contributed by atoms with Gasteiger partial charge in [-0.3, -0.25) is 9.59 Å². The Morgan fingerprint density at radius 3 is 2.57 bits per heavy atom. The fraction of sp³-hybridized carbons (Fsp3) is 0.387. The normalized spacial score (nSPS) is 20.1. The molecule has 1 saturated carbocycles. The van der Waals surface area contributed by atoms with Crippen molar-refractivity contribution in [1.29, 1.82) is 0 Å². The van der Waals surface area contributed by atoms with Crippen LogP contribution in [0, 0.1) is 5.82 Å². The van der Waals surface area contributed by atoms with Crippen molar-refractivity contribution in [3.63, 3.8) is 0 Å². The lowest BCUT2D eigenvalue weighted by atomic mass is 9.94. The number of anilines is 3. The molecule has 0 radical (unpaired) electrons.